The minimum Gasteiger partial charge on any atom is -0.496 e. The van der Waals surface area contributed by atoms with Gasteiger partial charge >= 0.3 is 5.97 Å². The number of carboxylic acid groups (broad SMARTS) is 1. The molecule has 1 saturated carbocycles. The zero-order chi connectivity index (χ0) is 13.3. The topological polar surface area (TPSA) is 66.8 Å². The predicted octanol–water partition coefficient (Wildman–Crippen LogP) is 1.77. The van der Waals surface area contributed by atoms with Crippen LogP contribution >= 0.6 is 0 Å². The van der Waals surface area contributed by atoms with Crippen molar-refractivity contribution in [2.24, 2.45) is 5.92 Å². The van der Waals surface area contributed by atoms with Gasteiger partial charge in [0.15, 0.2) is 0 Å². The summed E-state index contributed by atoms with van der Waals surface area (Å²) in [6.45, 7) is 1.98. The van der Waals surface area contributed by atoms with Crippen molar-refractivity contribution in [2.45, 2.75) is 31.8 Å². The Hall–Kier alpha value is -1.55. The van der Waals surface area contributed by atoms with E-state index in [4.69, 9.17) is 9.84 Å². The molecule has 0 spiro atoms. The first-order chi connectivity index (χ1) is 8.43. The van der Waals surface area contributed by atoms with Crippen LogP contribution in [0.5, 0.6) is 5.75 Å². The summed E-state index contributed by atoms with van der Waals surface area (Å²) in [6, 6.07) is 5.81. The lowest BCUT2D eigenvalue weighted by Gasteiger charge is -2.41. The number of rotatable bonds is 4. The third-order valence-corrected chi connectivity index (χ3v) is 3.56. The van der Waals surface area contributed by atoms with Crippen LogP contribution < -0.4 is 4.74 Å². The average Bonchev–Trinajstić information content (AvgIpc) is 2.25. The first kappa shape index (κ1) is 12.9. The lowest BCUT2D eigenvalue weighted by atomic mass is 9.68. The predicted molar refractivity (Wildman–Crippen MR) is 66.7 cm³/mol. The molecule has 0 radical (unpaired) electrons. The van der Waals surface area contributed by atoms with Crippen LogP contribution in [0.15, 0.2) is 18.2 Å². The maximum absolute atomic E-state index is 10.8. The molecule has 4 heteroatoms. The minimum atomic E-state index is -0.899. The monoisotopic (exact) mass is 250 g/mol. The van der Waals surface area contributed by atoms with Crippen LogP contribution in [-0.4, -0.2) is 28.9 Å². The number of carbonyl (C=O) groups is 1. The molecule has 0 saturated heterocycles. The molecule has 0 heterocycles. The summed E-state index contributed by atoms with van der Waals surface area (Å²) < 4.78 is 5.26. The van der Waals surface area contributed by atoms with Crippen molar-refractivity contribution in [2.75, 3.05) is 7.11 Å². The SMILES string of the molecule is COc1ccc(C)cc1CC1(O)CC(C(=O)O)C1. The molecule has 4 nitrogen and oxygen atoms in total. The molecular formula is C14H18O4. The number of ether oxygens (including phenoxy) is 1. The van der Waals surface area contributed by atoms with Crippen molar-refractivity contribution < 1.29 is 19.7 Å². The molecule has 1 aromatic rings. The van der Waals surface area contributed by atoms with Crippen molar-refractivity contribution in [3.63, 3.8) is 0 Å². The number of aliphatic hydroxyl groups is 1. The van der Waals surface area contributed by atoms with Crippen molar-refractivity contribution in [1.82, 2.24) is 0 Å². The van der Waals surface area contributed by atoms with E-state index in [1.54, 1.807) is 7.11 Å². The summed E-state index contributed by atoms with van der Waals surface area (Å²) in [7, 11) is 1.60. The minimum absolute atomic E-state index is 0.319. The van der Waals surface area contributed by atoms with Gasteiger partial charge in [-0.25, -0.2) is 0 Å². The molecule has 0 aliphatic heterocycles. The summed E-state index contributed by atoms with van der Waals surface area (Å²) in [6.07, 6.45) is 1.08. The quantitative estimate of drug-likeness (QED) is 0.854. The largest absolute Gasteiger partial charge is 0.496 e. The number of aliphatic carboxylic acids is 1. The second-order valence-corrected chi connectivity index (χ2v) is 5.16. The third kappa shape index (κ3) is 2.48. The van der Waals surface area contributed by atoms with Crippen LogP contribution in [0.2, 0.25) is 0 Å². The normalized spacial score (nSPS) is 26.5. The Bertz CT molecular complexity index is 461. The van der Waals surface area contributed by atoms with Gasteiger partial charge in [0, 0.05) is 6.42 Å². The number of carboxylic acids is 1. The van der Waals surface area contributed by atoms with Crippen LogP contribution in [0.25, 0.3) is 0 Å². The van der Waals surface area contributed by atoms with Crippen LogP contribution in [0, 0.1) is 12.8 Å². The van der Waals surface area contributed by atoms with Crippen LogP contribution in [0.3, 0.4) is 0 Å². The summed E-state index contributed by atoms with van der Waals surface area (Å²) in [5.41, 5.74) is 1.14. The van der Waals surface area contributed by atoms with E-state index in [0.29, 0.717) is 19.3 Å². The maximum Gasteiger partial charge on any atom is 0.306 e. The highest BCUT2D eigenvalue weighted by molar-refractivity contribution is 5.71. The summed E-state index contributed by atoms with van der Waals surface area (Å²) >= 11 is 0. The van der Waals surface area contributed by atoms with Gasteiger partial charge in [-0.2, -0.15) is 0 Å². The lowest BCUT2D eigenvalue weighted by molar-refractivity contribution is -0.158. The molecule has 0 amide bonds. The maximum atomic E-state index is 10.8. The Morgan fingerprint density at radius 1 is 1.50 bits per heavy atom. The smallest absolute Gasteiger partial charge is 0.306 e. The Morgan fingerprint density at radius 3 is 2.72 bits per heavy atom. The first-order valence-electron chi connectivity index (χ1n) is 6.02. The second-order valence-electron chi connectivity index (χ2n) is 5.16. The molecule has 2 rings (SSSR count). The second kappa shape index (κ2) is 4.61. The molecule has 2 N–H and O–H groups in total. The molecule has 0 atom stereocenters. The van der Waals surface area contributed by atoms with E-state index in [1.165, 1.54) is 0 Å². The van der Waals surface area contributed by atoms with Crippen molar-refractivity contribution in [3.05, 3.63) is 29.3 Å². The van der Waals surface area contributed by atoms with Gasteiger partial charge in [-0.3, -0.25) is 4.79 Å². The fraction of sp³-hybridized carbons (Fsp3) is 0.500. The summed E-state index contributed by atoms with van der Waals surface area (Å²) in [5, 5.41) is 19.1. The van der Waals surface area contributed by atoms with E-state index in [-0.39, 0.29) is 0 Å². The van der Waals surface area contributed by atoms with Crippen molar-refractivity contribution in [3.8, 4) is 5.75 Å². The molecule has 1 aliphatic carbocycles. The fourth-order valence-corrected chi connectivity index (χ4v) is 2.58. The molecule has 18 heavy (non-hydrogen) atoms. The highest BCUT2D eigenvalue weighted by Crippen LogP contribution is 2.41. The number of hydrogen-bond acceptors (Lipinski definition) is 3. The molecule has 0 aromatic heterocycles. The zero-order valence-corrected chi connectivity index (χ0v) is 10.6. The number of hydrogen-bond donors (Lipinski definition) is 2. The molecule has 0 unspecified atom stereocenters. The number of benzene rings is 1. The fourth-order valence-electron chi connectivity index (χ4n) is 2.58. The van der Waals surface area contributed by atoms with Gasteiger partial charge in [0.05, 0.1) is 18.6 Å². The van der Waals surface area contributed by atoms with Gasteiger partial charge in [-0.05, 0) is 31.4 Å². The molecular weight excluding hydrogens is 232 g/mol. The lowest BCUT2D eigenvalue weighted by Crippen LogP contribution is -2.48. The van der Waals surface area contributed by atoms with E-state index >= 15 is 0 Å². The standard InChI is InChI=1S/C14H18O4/c1-9-3-4-12(18-2)10(5-9)6-14(17)7-11(8-14)13(15)16/h3-5,11,17H,6-8H2,1-2H3,(H,15,16). The van der Waals surface area contributed by atoms with Crippen molar-refractivity contribution >= 4 is 5.97 Å². The molecule has 98 valence electrons. The van der Waals surface area contributed by atoms with Crippen LogP contribution in [-0.2, 0) is 11.2 Å². The summed E-state index contributed by atoms with van der Waals surface area (Å²) in [5.74, 6) is -0.491. The van der Waals surface area contributed by atoms with E-state index in [2.05, 4.69) is 0 Å². The van der Waals surface area contributed by atoms with E-state index < -0.39 is 17.5 Å². The van der Waals surface area contributed by atoms with Gasteiger partial charge in [0.25, 0.3) is 0 Å². The highest BCUT2D eigenvalue weighted by atomic mass is 16.5. The Balaban J connectivity index is 2.10. The molecule has 0 bridgehead atoms. The highest BCUT2D eigenvalue weighted by Gasteiger charge is 2.46. The number of methoxy groups -OCH3 is 1. The van der Waals surface area contributed by atoms with Gasteiger partial charge in [-0.15, -0.1) is 0 Å². The van der Waals surface area contributed by atoms with Crippen LogP contribution in [0.1, 0.15) is 24.0 Å². The van der Waals surface area contributed by atoms with Crippen LogP contribution in [0.4, 0.5) is 0 Å². The molecule has 1 aromatic carbocycles. The zero-order valence-electron chi connectivity index (χ0n) is 10.6. The Morgan fingerprint density at radius 2 is 2.17 bits per heavy atom. The van der Waals surface area contributed by atoms with E-state index in [9.17, 15) is 9.90 Å². The van der Waals surface area contributed by atoms with Crippen molar-refractivity contribution in [1.29, 1.82) is 0 Å². The Labute approximate surface area is 106 Å². The average molecular weight is 250 g/mol. The Kier molecular flexibility index (Phi) is 3.30. The molecule has 1 aliphatic rings. The molecule has 1 fully saturated rings. The summed E-state index contributed by atoms with van der Waals surface area (Å²) in [4.78, 5) is 10.8. The first-order valence-corrected chi connectivity index (χ1v) is 6.02. The van der Waals surface area contributed by atoms with E-state index in [0.717, 1.165) is 16.9 Å². The van der Waals surface area contributed by atoms with Gasteiger partial charge in [-0.1, -0.05) is 17.7 Å². The van der Waals surface area contributed by atoms with Gasteiger partial charge in [0.1, 0.15) is 5.75 Å². The van der Waals surface area contributed by atoms with E-state index in [1.807, 2.05) is 25.1 Å². The van der Waals surface area contributed by atoms with Gasteiger partial charge < -0.3 is 14.9 Å². The third-order valence-electron chi connectivity index (χ3n) is 3.56. The van der Waals surface area contributed by atoms with Gasteiger partial charge in [0.2, 0.25) is 0 Å². The number of aryl methyl sites for hydroxylation is 1.